The Morgan fingerprint density at radius 2 is 2.28 bits per heavy atom. The lowest BCUT2D eigenvalue weighted by Gasteiger charge is -2.15. The number of aromatic nitrogens is 1. The normalized spacial score (nSPS) is 14.1. The third kappa shape index (κ3) is 4.21. The van der Waals surface area contributed by atoms with Crippen molar-refractivity contribution in [1.29, 1.82) is 0 Å². The number of hydrogen-bond acceptors (Lipinski definition) is 6. The highest BCUT2D eigenvalue weighted by Gasteiger charge is 2.19. The zero-order valence-corrected chi connectivity index (χ0v) is 14.2. The number of nitrogens with one attached hydrogen (secondary N) is 2. The Balaban J connectivity index is 1.48. The van der Waals surface area contributed by atoms with Gasteiger partial charge in [-0.05, 0) is 18.9 Å². The van der Waals surface area contributed by atoms with Crippen LogP contribution in [0.5, 0.6) is 0 Å². The first-order valence-electron chi connectivity index (χ1n) is 7.90. The lowest BCUT2D eigenvalue weighted by Crippen LogP contribution is -2.32. The molecule has 2 heterocycles. The molecule has 10 heteroatoms. The molecule has 0 radical (unpaired) electrons. The fourth-order valence-electron chi connectivity index (χ4n) is 2.63. The molecule has 1 fully saturated rings. The van der Waals surface area contributed by atoms with E-state index in [1.54, 1.807) is 11.0 Å². The van der Waals surface area contributed by atoms with Gasteiger partial charge >= 0.3 is 6.03 Å². The highest BCUT2D eigenvalue weighted by Crippen LogP contribution is 2.28. The van der Waals surface area contributed by atoms with Crippen LogP contribution < -0.4 is 10.6 Å². The van der Waals surface area contributed by atoms with Gasteiger partial charge in [-0.15, -0.1) is 0 Å². The maximum atomic E-state index is 11.9. The van der Waals surface area contributed by atoms with Crippen molar-refractivity contribution < 1.29 is 14.5 Å². The molecule has 2 aromatic rings. The summed E-state index contributed by atoms with van der Waals surface area (Å²) in [6.07, 6.45) is 2.21. The van der Waals surface area contributed by atoms with Crippen molar-refractivity contribution in [3.05, 3.63) is 28.3 Å². The molecule has 2 N–H and O–H groups in total. The fraction of sp³-hybridized carbons (Fsp3) is 0.400. The number of likely N-dealkylation sites (tertiary alicyclic amines) is 1. The molecule has 1 saturated heterocycles. The molecule has 1 aromatic heterocycles. The van der Waals surface area contributed by atoms with E-state index in [0.29, 0.717) is 41.3 Å². The minimum absolute atomic E-state index is 0.0105. The van der Waals surface area contributed by atoms with Gasteiger partial charge in [-0.1, -0.05) is 11.3 Å². The SMILES string of the molecule is O=C(NCCCN1CCCC1=O)Nc1nc2ccc([N+](=O)[O-])cc2s1. The monoisotopic (exact) mass is 363 g/mol. The minimum atomic E-state index is -0.468. The van der Waals surface area contributed by atoms with E-state index >= 15 is 0 Å². The number of nitrogens with zero attached hydrogens (tertiary/aromatic N) is 3. The molecule has 9 nitrogen and oxygen atoms in total. The third-order valence-corrected chi connectivity index (χ3v) is 4.80. The number of hydrogen-bond donors (Lipinski definition) is 2. The van der Waals surface area contributed by atoms with Crippen LogP contribution in [0, 0.1) is 10.1 Å². The summed E-state index contributed by atoms with van der Waals surface area (Å²) < 4.78 is 0.636. The van der Waals surface area contributed by atoms with E-state index in [1.807, 2.05) is 0 Å². The molecular weight excluding hydrogens is 346 g/mol. The van der Waals surface area contributed by atoms with Gasteiger partial charge in [0.05, 0.1) is 15.1 Å². The number of carbonyl (C=O) groups is 2. The first kappa shape index (κ1) is 17.1. The first-order valence-corrected chi connectivity index (χ1v) is 8.72. The van der Waals surface area contributed by atoms with Crippen LogP contribution in [0.3, 0.4) is 0 Å². The van der Waals surface area contributed by atoms with Crippen LogP contribution in [0.4, 0.5) is 15.6 Å². The van der Waals surface area contributed by atoms with Crippen LogP contribution in [-0.4, -0.2) is 46.4 Å². The summed E-state index contributed by atoms with van der Waals surface area (Å²) >= 11 is 1.18. The number of nitro groups is 1. The molecule has 0 atom stereocenters. The Labute approximate surface area is 147 Å². The minimum Gasteiger partial charge on any atom is -0.343 e. The van der Waals surface area contributed by atoms with E-state index in [0.717, 1.165) is 13.0 Å². The largest absolute Gasteiger partial charge is 0.343 e. The molecule has 1 aliphatic rings. The Hall–Kier alpha value is -2.75. The number of anilines is 1. The van der Waals surface area contributed by atoms with Crippen molar-refractivity contribution >= 4 is 44.3 Å². The van der Waals surface area contributed by atoms with Gasteiger partial charge in [0.2, 0.25) is 5.91 Å². The smallest absolute Gasteiger partial charge is 0.321 e. The van der Waals surface area contributed by atoms with E-state index in [4.69, 9.17) is 0 Å². The molecule has 0 bridgehead atoms. The average molecular weight is 363 g/mol. The maximum Gasteiger partial charge on any atom is 0.321 e. The topological polar surface area (TPSA) is 117 Å². The second kappa shape index (κ2) is 7.43. The predicted molar refractivity (Wildman–Crippen MR) is 93.7 cm³/mol. The van der Waals surface area contributed by atoms with Crippen molar-refractivity contribution in [3.8, 4) is 0 Å². The van der Waals surface area contributed by atoms with E-state index in [1.165, 1.54) is 23.5 Å². The maximum absolute atomic E-state index is 11.9. The van der Waals surface area contributed by atoms with Crippen LogP contribution in [0.2, 0.25) is 0 Å². The van der Waals surface area contributed by atoms with Gasteiger partial charge in [0.15, 0.2) is 5.13 Å². The average Bonchev–Trinajstić information content (AvgIpc) is 3.16. The number of rotatable bonds is 6. The number of fused-ring (bicyclic) bond motifs is 1. The van der Waals surface area contributed by atoms with E-state index in [9.17, 15) is 19.7 Å². The summed E-state index contributed by atoms with van der Waals surface area (Å²) in [5, 5.41) is 16.5. The summed E-state index contributed by atoms with van der Waals surface area (Å²) in [7, 11) is 0. The van der Waals surface area contributed by atoms with Crippen molar-refractivity contribution in [2.75, 3.05) is 25.0 Å². The summed E-state index contributed by atoms with van der Waals surface area (Å²) in [6, 6.07) is 3.98. The molecular formula is C15H17N5O4S. The zero-order chi connectivity index (χ0) is 17.8. The van der Waals surface area contributed by atoms with Gasteiger partial charge in [-0.3, -0.25) is 20.2 Å². The van der Waals surface area contributed by atoms with Crippen molar-refractivity contribution in [3.63, 3.8) is 0 Å². The second-order valence-electron chi connectivity index (χ2n) is 5.65. The van der Waals surface area contributed by atoms with Gasteiger partial charge in [0.1, 0.15) is 0 Å². The Bertz CT molecular complexity index is 821. The molecule has 3 rings (SSSR count). The number of thiazole rings is 1. The molecule has 0 aliphatic carbocycles. The predicted octanol–water partition coefficient (Wildman–Crippen LogP) is 2.34. The van der Waals surface area contributed by atoms with Crippen LogP contribution in [-0.2, 0) is 4.79 Å². The Morgan fingerprint density at radius 3 is 3.00 bits per heavy atom. The number of nitro benzene ring substituents is 1. The standard InChI is InChI=1S/C15H17N5O4S/c21-13-3-1-7-19(13)8-2-6-16-14(22)18-15-17-11-5-4-10(20(23)24)9-12(11)25-15/h4-5,9H,1-3,6-8H2,(H2,16,17,18,22). The number of urea groups is 1. The summed E-state index contributed by atoms with van der Waals surface area (Å²) in [5.74, 6) is 0.174. The summed E-state index contributed by atoms with van der Waals surface area (Å²) in [6.45, 7) is 1.89. The zero-order valence-electron chi connectivity index (χ0n) is 13.4. The van der Waals surface area contributed by atoms with E-state index in [-0.39, 0.29) is 17.6 Å². The number of benzene rings is 1. The fourth-order valence-corrected chi connectivity index (χ4v) is 3.53. The molecule has 0 spiro atoms. The lowest BCUT2D eigenvalue weighted by molar-refractivity contribution is -0.384. The molecule has 3 amide bonds. The quantitative estimate of drug-likeness (QED) is 0.464. The highest BCUT2D eigenvalue weighted by atomic mass is 32.1. The van der Waals surface area contributed by atoms with Gasteiger partial charge in [-0.2, -0.15) is 0 Å². The van der Waals surface area contributed by atoms with Crippen LogP contribution in [0.15, 0.2) is 18.2 Å². The number of carbonyl (C=O) groups excluding carboxylic acids is 2. The van der Waals surface area contributed by atoms with E-state index in [2.05, 4.69) is 15.6 Å². The summed E-state index contributed by atoms with van der Waals surface area (Å²) in [5.41, 5.74) is 0.585. The number of amides is 3. The molecule has 0 unspecified atom stereocenters. The first-order chi connectivity index (χ1) is 12.0. The van der Waals surface area contributed by atoms with Crippen molar-refractivity contribution in [1.82, 2.24) is 15.2 Å². The van der Waals surface area contributed by atoms with Gasteiger partial charge in [-0.25, -0.2) is 9.78 Å². The van der Waals surface area contributed by atoms with Crippen LogP contribution in [0.1, 0.15) is 19.3 Å². The van der Waals surface area contributed by atoms with Gasteiger partial charge in [0.25, 0.3) is 5.69 Å². The Kier molecular flexibility index (Phi) is 5.08. The molecule has 25 heavy (non-hydrogen) atoms. The van der Waals surface area contributed by atoms with Crippen molar-refractivity contribution in [2.24, 2.45) is 0 Å². The van der Waals surface area contributed by atoms with Gasteiger partial charge < -0.3 is 10.2 Å². The highest BCUT2D eigenvalue weighted by molar-refractivity contribution is 7.22. The van der Waals surface area contributed by atoms with Crippen LogP contribution in [0.25, 0.3) is 10.2 Å². The van der Waals surface area contributed by atoms with Gasteiger partial charge in [0, 0.05) is 38.2 Å². The second-order valence-corrected chi connectivity index (χ2v) is 6.68. The Morgan fingerprint density at radius 1 is 1.44 bits per heavy atom. The molecule has 0 saturated carbocycles. The van der Waals surface area contributed by atoms with Crippen molar-refractivity contribution in [2.45, 2.75) is 19.3 Å². The molecule has 1 aromatic carbocycles. The molecule has 132 valence electrons. The third-order valence-electron chi connectivity index (χ3n) is 3.87. The lowest BCUT2D eigenvalue weighted by atomic mass is 10.3. The summed E-state index contributed by atoms with van der Waals surface area (Å²) in [4.78, 5) is 39.7. The molecule has 1 aliphatic heterocycles. The van der Waals surface area contributed by atoms with Crippen LogP contribution >= 0.6 is 11.3 Å². The number of non-ortho nitro benzene ring substituents is 1. The van der Waals surface area contributed by atoms with E-state index < -0.39 is 4.92 Å².